The summed E-state index contributed by atoms with van der Waals surface area (Å²) in [5, 5.41) is 3.64. The molecule has 0 aromatic heterocycles. The standard InChI is InChI=1S/C21H27OSi2.2ClH.Zr/c1-23(2,3)22-12-11-15-9-10-16(13-15)18-8-6-7-17-14-19-21(20(17)18)24(19,4)5;;;/h6-9,13-14H,10-12H2,1-5H3;2*1H;/q;;;+2/p-2. The van der Waals surface area contributed by atoms with E-state index in [2.05, 4.69) is 63.1 Å². The average Bonchev–Trinajstić information content (AvgIpc) is 2.87. The van der Waals surface area contributed by atoms with Crippen molar-refractivity contribution in [3.8, 4) is 0 Å². The van der Waals surface area contributed by atoms with Crippen LogP contribution in [0.15, 0.2) is 41.1 Å². The van der Waals surface area contributed by atoms with Gasteiger partial charge >= 0.3 is 170 Å². The van der Waals surface area contributed by atoms with Crippen LogP contribution < -0.4 is 24.8 Å². The van der Waals surface area contributed by atoms with Crippen molar-refractivity contribution in [3.05, 3.63) is 57.8 Å². The van der Waals surface area contributed by atoms with Gasteiger partial charge < -0.3 is 24.8 Å². The second-order valence-corrected chi connectivity index (χ2v) is 19.2. The number of halogens is 2. The van der Waals surface area contributed by atoms with Crippen LogP contribution in [0.5, 0.6) is 0 Å². The minimum absolute atomic E-state index is 0. The van der Waals surface area contributed by atoms with Gasteiger partial charge in [0.1, 0.15) is 0 Å². The summed E-state index contributed by atoms with van der Waals surface area (Å²) in [6.07, 6.45) is 7.00. The predicted molar refractivity (Wildman–Crippen MR) is 108 cm³/mol. The monoisotopic (exact) mass is 511 g/mol. The van der Waals surface area contributed by atoms with E-state index < -0.39 is 16.4 Å². The van der Waals surface area contributed by atoms with Crippen LogP contribution in [-0.2, 0) is 29.1 Å². The Hall–Kier alpha value is 0.297. The molecule has 1 atom stereocenters. The molecule has 0 saturated heterocycles. The molecule has 1 heterocycles. The van der Waals surface area contributed by atoms with E-state index in [1.165, 1.54) is 16.7 Å². The summed E-state index contributed by atoms with van der Waals surface area (Å²) in [7, 11) is -2.56. The maximum Gasteiger partial charge on any atom is -1.00 e. The number of hydrogen-bond acceptors (Lipinski definition) is 1. The summed E-state index contributed by atoms with van der Waals surface area (Å²) in [4.78, 5) is 0. The number of fused-ring (bicyclic) bond motifs is 2. The van der Waals surface area contributed by atoms with Gasteiger partial charge in [0.05, 0.1) is 0 Å². The molecule has 6 heteroatoms. The van der Waals surface area contributed by atoms with E-state index in [0.717, 1.165) is 23.1 Å². The Labute approximate surface area is 193 Å². The van der Waals surface area contributed by atoms with Crippen LogP contribution in [-0.4, -0.2) is 23.0 Å². The Morgan fingerprint density at radius 2 is 1.89 bits per heavy atom. The average molecular weight is 514 g/mol. The van der Waals surface area contributed by atoms with Crippen molar-refractivity contribution in [2.75, 3.05) is 6.61 Å². The summed E-state index contributed by atoms with van der Waals surface area (Å²) >= 11 is 1.67. The third kappa shape index (κ3) is 4.27. The van der Waals surface area contributed by atoms with Crippen LogP contribution in [0.1, 0.15) is 33.2 Å². The van der Waals surface area contributed by atoms with Gasteiger partial charge in [-0.3, -0.25) is 0 Å². The van der Waals surface area contributed by atoms with Gasteiger partial charge in [0, 0.05) is 0 Å². The van der Waals surface area contributed by atoms with E-state index in [0.29, 0.717) is 0 Å². The smallest absolute Gasteiger partial charge is 1.00 e. The fourth-order valence-electron chi connectivity index (χ4n) is 4.38. The molecule has 0 N–H and O–H groups in total. The number of rotatable bonds is 5. The molecule has 0 bridgehead atoms. The molecule has 0 fully saturated rings. The molecule has 1 aliphatic heterocycles. The van der Waals surface area contributed by atoms with Crippen molar-refractivity contribution in [3.63, 3.8) is 0 Å². The Morgan fingerprint density at radius 1 is 1.19 bits per heavy atom. The predicted octanol–water partition coefficient (Wildman–Crippen LogP) is -0.195. The van der Waals surface area contributed by atoms with Crippen LogP contribution in [0.4, 0.5) is 0 Å². The van der Waals surface area contributed by atoms with Crippen molar-refractivity contribution in [1.82, 2.24) is 0 Å². The molecule has 4 rings (SSSR count). The van der Waals surface area contributed by atoms with Gasteiger partial charge in [0.2, 0.25) is 0 Å². The molecule has 0 saturated carbocycles. The number of benzene rings is 1. The minimum Gasteiger partial charge on any atom is -1.00 e. The van der Waals surface area contributed by atoms with E-state index in [1.807, 2.05) is 5.20 Å². The maximum absolute atomic E-state index is 6.04. The zero-order valence-electron chi connectivity index (χ0n) is 16.7. The van der Waals surface area contributed by atoms with Crippen LogP contribution in [0, 0.1) is 0 Å². The van der Waals surface area contributed by atoms with Crippen LogP contribution in [0.2, 0.25) is 32.7 Å². The Bertz CT molecular complexity index is 850. The van der Waals surface area contributed by atoms with Gasteiger partial charge in [-0.2, -0.15) is 0 Å². The fraction of sp³-hybridized carbons (Fsp3) is 0.429. The zero-order chi connectivity index (χ0) is 18.0. The first-order valence-electron chi connectivity index (χ1n) is 9.33. The molecule has 27 heavy (non-hydrogen) atoms. The maximum atomic E-state index is 6.04. The summed E-state index contributed by atoms with van der Waals surface area (Å²) in [6.45, 7) is 12.7. The van der Waals surface area contributed by atoms with Gasteiger partial charge in [0.25, 0.3) is 0 Å². The fourth-order valence-corrected chi connectivity index (χ4v) is 12.9. The van der Waals surface area contributed by atoms with E-state index in [1.54, 1.807) is 41.0 Å². The third-order valence-corrected chi connectivity index (χ3v) is 12.3. The molecule has 1 nitrogen and oxygen atoms in total. The first-order valence-corrected chi connectivity index (χ1v) is 17.2. The molecule has 3 aliphatic rings. The molecule has 1 aromatic rings. The van der Waals surface area contributed by atoms with Crippen molar-refractivity contribution in [2.24, 2.45) is 0 Å². The van der Waals surface area contributed by atoms with Gasteiger partial charge in [-0.05, 0) is 0 Å². The first-order chi connectivity index (χ1) is 11.7. The van der Waals surface area contributed by atoms with E-state index in [9.17, 15) is 0 Å². The summed E-state index contributed by atoms with van der Waals surface area (Å²) in [5.74, 6) is 0. The second-order valence-electron chi connectivity index (χ2n) is 8.98. The third-order valence-electron chi connectivity index (χ3n) is 5.67. The number of allylic oxidation sites excluding steroid dienone is 4. The minimum atomic E-state index is -1.40. The van der Waals surface area contributed by atoms with Crippen LogP contribution in [0.3, 0.4) is 0 Å². The van der Waals surface area contributed by atoms with Crippen molar-refractivity contribution < 1.29 is 54.0 Å². The molecule has 0 amide bonds. The van der Waals surface area contributed by atoms with Crippen molar-refractivity contribution >= 4 is 27.2 Å². The molecule has 2 aliphatic carbocycles. The zero-order valence-corrected chi connectivity index (χ0v) is 22.7. The molecule has 1 aromatic carbocycles. The first kappa shape index (κ1) is 23.6. The van der Waals surface area contributed by atoms with E-state index in [-0.39, 0.29) is 24.8 Å². The van der Waals surface area contributed by atoms with Gasteiger partial charge in [-0.25, -0.2) is 0 Å². The summed E-state index contributed by atoms with van der Waals surface area (Å²) in [6, 6.07) is 7.01. The second kappa shape index (κ2) is 8.20. The molecule has 143 valence electrons. The topological polar surface area (TPSA) is 9.23 Å². The van der Waals surface area contributed by atoms with Crippen LogP contribution >= 0.6 is 0 Å². The Morgan fingerprint density at radius 3 is 2.56 bits per heavy atom. The summed E-state index contributed by atoms with van der Waals surface area (Å²) in [5.41, 5.74) is 7.75. The molecular weight excluding hydrogens is 487 g/mol. The van der Waals surface area contributed by atoms with Crippen LogP contribution in [0.25, 0.3) is 10.8 Å². The quantitative estimate of drug-likeness (QED) is 0.496. The Kier molecular flexibility index (Phi) is 7.16. The normalized spacial score (nSPS) is 21.7. The van der Waals surface area contributed by atoms with Gasteiger partial charge in [0.15, 0.2) is 0 Å². The molecule has 0 radical (unpaired) electrons. The van der Waals surface area contributed by atoms with Crippen molar-refractivity contribution in [2.45, 2.75) is 49.2 Å². The van der Waals surface area contributed by atoms with E-state index in [4.69, 9.17) is 4.43 Å². The molecule has 1 unspecified atom stereocenters. The van der Waals surface area contributed by atoms with E-state index >= 15 is 0 Å². The largest absolute Gasteiger partial charge is 1.00 e. The molecular formula is C21H27Cl2OSi2Zr. The number of hydrogen-bond donors (Lipinski definition) is 0. The Balaban J connectivity index is 0.00000131. The van der Waals surface area contributed by atoms with Gasteiger partial charge in [-0.15, -0.1) is 0 Å². The van der Waals surface area contributed by atoms with Crippen molar-refractivity contribution in [1.29, 1.82) is 0 Å². The SMILES string of the molecule is C[Si](C)(C)OCCC1=CCC(c2cccc3c2C2=C([CH]3[Zr+2])[Si]2(C)C)=C1.[Cl-].[Cl-]. The van der Waals surface area contributed by atoms with Gasteiger partial charge in [-0.1, -0.05) is 0 Å². The molecule has 0 spiro atoms. The summed E-state index contributed by atoms with van der Waals surface area (Å²) < 4.78 is 6.79.